The van der Waals surface area contributed by atoms with Crippen molar-refractivity contribution in [2.24, 2.45) is 5.92 Å². The van der Waals surface area contributed by atoms with Crippen molar-refractivity contribution in [3.63, 3.8) is 0 Å². The highest BCUT2D eigenvalue weighted by Gasteiger charge is 2.38. The number of alkyl halides is 2. The second-order valence-electron chi connectivity index (χ2n) is 9.41. The molecule has 0 bridgehead atoms. The quantitative estimate of drug-likeness (QED) is 0.219. The van der Waals surface area contributed by atoms with Gasteiger partial charge in [0.1, 0.15) is 11.5 Å². The molecule has 0 aliphatic heterocycles. The molecule has 0 aliphatic rings. The first-order chi connectivity index (χ1) is 17.3. The fourth-order valence-electron chi connectivity index (χ4n) is 3.83. The van der Waals surface area contributed by atoms with Crippen LogP contribution < -0.4 is 9.47 Å². The third-order valence-corrected chi connectivity index (χ3v) is 5.75. The molecule has 3 rings (SSSR count). The van der Waals surface area contributed by atoms with Gasteiger partial charge in [-0.25, -0.2) is 4.39 Å². The van der Waals surface area contributed by atoms with E-state index in [1.807, 2.05) is 24.3 Å². The van der Waals surface area contributed by atoms with Crippen LogP contribution in [0.2, 0.25) is 0 Å². The van der Waals surface area contributed by atoms with E-state index in [1.165, 1.54) is 31.4 Å². The van der Waals surface area contributed by atoms with Gasteiger partial charge in [-0.3, -0.25) is 0 Å². The average molecular weight is 497 g/mol. The smallest absolute Gasteiger partial charge is 0.454 e. The first-order valence-corrected chi connectivity index (χ1v) is 12.6. The van der Waals surface area contributed by atoms with Crippen LogP contribution >= 0.6 is 0 Å². The van der Waals surface area contributed by atoms with Crippen molar-refractivity contribution >= 4 is 6.08 Å². The third kappa shape index (κ3) is 8.47. The molecule has 5 heteroatoms. The van der Waals surface area contributed by atoms with E-state index >= 15 is 0 Å². The molecule has 0 atom stereocenters. The second kappa shape index (κ2) is 13.2. The first-order valence-electron chi connectivity index (χ1n) is 12.6. The van der Waals surface area contributed by atoms with Crippen molar-refractivity contribution in [3.8, 4) is 22.6 Å². The van der Waals surface area contributed by atoms with Gasteiger partial charge in [0, 0.05) is 0 Å². The van der Waals surface area contributed by atoms with E-state index in [0.717, 1.165) is 41.4 Å². The molecule has 192 valence electrons. The minimum Gasteiger partial charge on any atom is -0.494 e. The van der Waals surface area contributed by atoms with Gasteiger partial charge in [-0.1, -0.05) is 88.6 Å². The Morgan fingerprint density at radius 3 is 1.97 bits per heavy atom. The van der Waals surface area contributed by atoms with E-state index in [1.54, 1.807) is 36.4 Å². The lowest BCUT2D eigenvalue weighted by atomic mass is 10.0. The number of hydrogen-bond donors (Lipinski definition) is 0. The van der Waals surface area contributed by atoms with Crippen LogP contribution in [0.15, 0.2) is 78.6 Å². The van der Waals surface area contributed by atoms with E-state index in [4.69, 9.17) is 4.74 Å². The predicted octanol–water partition coefficient (Wildman–Crippen LogP) is 9.49. The molecule has 3 aromatic carbocycles. The maximum Gasteiger partial charge on any atom is 0.454 e. The molecular weight excluding hydrogens is 461 g/mol. The minimum absolute atomic E-state index is 0.0835. The Morgan fingerprint density at radius 2 is 1.39 bits per heavy atom. The second-order valence-corrected chi connectivity index (χ2v) is 9.41. The van der Waals surface area contributed by atoms with Gasteiger partial charge < -0.3 is 9.47 Å². The molecule has 0 saturated carbocycles. The molecule has 0 aromatic heterocycles. The lowest BCUT2D eigenvalue weighted by Gasteiger charge is -2.17. The summed E-state index contributed by atoms with van der Waals surface area (Å²) in [5, 5.41) is 0. The molecule has 0 heterocycles. The molecule has 0 fully saturated rings. The SMILES string of the molecule is CCCCCCOc1ccc(-c2ccc(/C=C(\F)C(F)(F)Oc3ccc(CC(C)C)cc3)cc2)cc1. The predicted molar refractivity (Wildman–Crippen MR) is 141 cm³/mol. The molecular formula is C31H35F3O2. The van der Waals surface area contributed by atoms with E-state index in [-0.39, 0.29) is 5.75 Å². The van der Waals surface area contributed by atoms with Gasteiger partial charge in [0.25, 0.3) is 0 Å². The zero-order valence-corrected chi connectivity index (χ0v) is 21.3. The summed E-state index contributed by atoms with van der Waals surface area (Å²) in [7, 11) is 0. The van der Waals surface area contributed by atoms with Crippen LogP contribution in [0, 0.1) is 5.92 Å². The average Bonchev–Trinajstić information content (AvgIpc) is 2.85. The van der Waals surface area contributed by atoms with Gasteiger partial charge in [-0.05, 0) is 71.4 Å². The maximum atomic E-state index is 14.4. The number of rotatable bonds is 13. The highest BCUT2D eigenvalue weighted by atomic mass is 19.3. The molecule has 0 N–H and O–H groups in total. The molecule has 36 heavy (non-hydrogen) atoms. The molecule has 0 amide bonds. The summed E-state index contributed by atoms with van der Waals surface area (Å²) in [5.41, 5.74) is 3.19. The number of benzene rings is 3. The summed E-state index contributed by atoms with van der Waals surface area (Å²) in [4.78, 5) is 0. The number of ether oxygens (including phenoxy) is 2. The van der Waals surface area contributed by atoms with Crippen LogP contribution in [0.1, 0.15) is 57.6 Å². The van der Waals surface area contributed by atoms with Crippen molar-refractivity contribution in [1.29, 1.82) is 0 Å². The van der Waals surface area contributed by atoms with E-state index in [9.17, 15) is 13.2 Å². The first kappa shape index (κ1) is 27.4. The molecule has 2 nitrogen and oxygen atoms in total. The fraction of sp³-hybridized carbons (Fsp3) is 0.355. The topological polar surface area (TPSA) is 18.5 Å². The van der Waals surface area contributed by atoms with Crippen molar-refractivity contribution in [2.45, 2.75) is 59.0 Å². The fourth-order valence-corrected chi connectivity index (χ4v) is 3.83. The number of unbranched alkanes of at least 4 members (excludes halogenated alkanes) is 3. The Balaban J connectivity index is 1.59. The zero-order valence-electron chi connectivity index (χ0n) is 21.3. The van der Waals surface area contributed by atoms with Gasteiger partial charge in [0.2, 0.25) is 5.83 Å². The van der Waals surface area contributed by atoms with Crippen molar-refractivity contribution in [1.82, 2.24) is 0 Å². The number of hydrogen-bond acceptors (Lipinski definition) is 2. The Kier molecular flexibility index (Phi) is 10.0. The van der Waals surface area contributed by atoms with Crippen LogP contribution in [0.5, 0.6) is 11.5 Å². The highest BCUT2D eigenvalue weighted by Crippen LogP contribution is 2.31. The highest BCUT2D eigenvalue weighted by molar-refractivity contribution is 5.66. The van der Waals surface area contributed by atoms with Crippen LogP contribution in [0.25, 0.3) is 17.2 Å². The van der Waals surface area contributed by atoms with Gasteiger partial charge in [0.05, 0.1) is 6.61 Å². The Bertz CT molecular complexity index is 1090. The summed E-state index contributed by atoms with van der Waals surface area (Å²) in [6.45, 7) is 7.03. The Labute approximate surface area is 212 Å². The van der Waals surface area contributed by atoms with Crippen molar-refractivity contribution in [2.75, 3.05) is 6.61 Å². The van der Waals surface area contributed by atoms with E-state index in [2.05, 4.69) is 25.5 Å². The zero-order chi connectivity index (χ0) is 26.0. The van der Waals surface area contributed by atoms with Crippen molar-refractivity contribution < 1.29 is 22.6 Å². The van der Waals surface area contributed by atoms with Crippen molar-refractivity contribution in [3.05, 3.63) is 89.8 Å². The van der Waals surface area contributed by atoms with Gasteiger partial charge in [0.15, 0.2) is 0 Å². The normalized spacial score (nSPS) is 12.1. The molecule has 0 aliphatic carbocycles. The van der Waals surface area contributed by atoms with E-state index < -0.39 is 11.9 Å². The van der Waals surface area contributed by atoms with Crippen LogP contribution in [0.3, 0.4) is 0 Å². The Hall–Kier alpha value is -3.21. The van der Waals surface area contributed by atoms with Crippen LogP contribution in [-0.2, 0) is 6.42 Å². The van der Waals surface area contributed by atoms with E-state index in [0.29, 0.717) is 18.1 Å². The monoisotopic (exact) mass is 496 g/mol. The maximum absolute atomic E-state index is 14.4. The molecule has 0 radical (unpaired) electrons. The molecule has 0 unspecified atom stereocenters. The summed E-state index contributed by atoms with van der Waals surface area (Å²) in [5.74, 6) is -0.473. The number of halogens is 3. The Morgan fingerprint density at radius 1 is 0.806 bits per heavy atom. The van der Waals surface area contributed by atoms with Gasteiger partial charge in [-0.2, -0.15) is 8.78 Å². The lowest BCUT2D eigenvalue weighted by molar-refractivity contribution is -0.155. The largest absolute Gasteiger partial charge is 0.494 e. The summed E-state index contributed by atoms with van der Waals surface area (Å²) in [6.07, 6.45) is 2.18. The van der Waals surface area contributed by atoms with Crippen LogP contribution in [-0.4, -0.2) is 12.7 Å². The summed E-state index contributed by atoms with van der Waals surface area (Å²) in [6, 6.07) is 20.8. The minimum atomic E-state index is -4.06. The van der Waals surface area contributed by atoms with Crippen LogP contribution in [0.4, 0.5) is 13.2 Å². The molecule has 0 saturated heterocycles. The lowest BCUT2D eigenvalue weighted by Crippen LogP contribution is -2.25. The summed E-state index contributed by atoms with van der Waals surface area (Å²) >= 11 is 0. The standard InChI is InChI=1S/C31H35F3O2/c1-4-5-6-7-20-35-28-18-14-27(15-19-28)26-12-8-25(9-13-26)22-30(32)31(33,34)36-29-16-10-24(11-17-29)21-23(2)3/h8-19,22-23H,4-7,20-21H2,1-3H3/b30-22-. The van der Waals surface area contributed by atoms with Gasteiger partial charge in [-0.15, -0.1) is 0 Å². The molecule has 3 aromatic rings. The molecule has 0 spiro atoms. The van der Waals surface area contributed by atoms with Gasteiger partial charge >= 0.3 is 6.11 Å². The summed E-state index contributed by atoms with van der Waals surface area (Å²) < 4.78 is 53.5. The third-order valence-electron chi connectivity index (χ3n) is 5.75.